The Hall–Kier alpha value is -0.120. The average Bonchev–Trinajstić information content (AvgIpc) is 2.54. The first-order valence-electron chi connectivity index (χ1n) is 6.58. The van der Waals surface area contributed by atoms with Crippen molar-refractivity contribution in [1.82, 2.24) is 4.90 Å². The topological polar surface area (TPSA) is 38.5 Å². The van der Waals surface area contributed by atoms with Gasteiger partial charge < -0.3 is 10.5 Å². The zero-order valence-corrected chi connectivity index (χ0v) is 11.2. The van der Waals surface area contributed by atoms with E-state index in [-0.39, 0.29) is 5.54 Å². The van der Waals surface area contributed by atoms with Gasteiger partial charge in [-0.25, -0.2) is 0 Å². The summed E-state index contributed by atoms with van der Waals surface area (Å²) in [4.78, 5) is 2.46. The average molecular weight is 228 g/mol. The maximum absolute atomic E-state index is 6.06. The second-order valence-corrected chi connectivity index (χ2v) is 5.26. The molecule has 0 bridgehead atoms. The van der Waals surface area contributed by atoms with Crippen molar-refractivity contribution >= 4 is 0 Å². The smallest absolute Gasteiger partial charge is 0.0615 e. The number of likely N-dealkylation sites (N-methyl/N-ethyl adjacent to an activating group) is 1. The highest BCUT2D eigenvalue weighted by molar-refractivity contribution is 4.93. The summed E-state index contributed by atoms with van der Waals surface area (Å²) < 4.78 is 5.25. The molecule has 0 spiro atoms. The number of hydrogen-bond donors (Lipinski definition) is 1. The second kappa shape index (κ2) is 6.58. The molecule has 3 heteroatoms. The fourth-order valence-corrected chi connectivity index (χ4v) is 2.91. The fraction of sp³-hybridized carbons (Fsp3) is 1.00. The lowest BCUT2D eigenvalue weighted by Crippen LogP contribution is -2.56. The lowest BCUT2D eigenvalue weighted by molar-refractivity contribution is 0.0287. The summed E-state index contributed by atoms with van der Waals surface area (Å²) in [5.74, 6) is 0. The van der Waals surface area contributed by atoms with Crippen LogP contribution in [0, 0.1) is 0 Å². The molecule has 1 aliphatic rings. The number of nitrogens with zero attached hydrogens (tertiary/aromatic N) is 1. The molecule has 2 N–H and O–H groups in total. The molecule has 3 nitrogen and oxygen atoms in total. The molecule has 96 valence electrons. The van der Waals surface area contributed by atoms with Crippen molar-refractivity contribution in [1.29, 1.82) is 0 Å². The van der Waals surface area contributed by atoms with E-state index in [9.17, 15) is 0 Å². The predicted octanol–water partition coefficient (Wildman–Crippen LogP) is 2.00. The summed E-state index contributed by atoms with van der Waals surface area (Å²) in [5.41, 5.74) is 6.28. The van der Waals surface area contributed by atoms with E-state index in [0.717, 1.165) is 13.2 Å². The van der Waals surface area contributed by atoms with E-state index in [1.165, 1.54) is 38.5 Å². The normalized spacial score (nSPS) is 23.1. The van der Waals surface area contributed by atoms with Gasteiger partial charge in [0.15, 0.2) is 0 Å². The second-order valence-electron chi connectivity index (χ2n) is 5.26. The van der Waals surface area contributed by atoms with E-state index >= 15 is 0 Å². The van der Waals surface area contributed by atoms with Crippen molar-refractivity contribution in [3.63, 3.8) is 0 Å². The van der Waals surface area contributed by atoms with E-state index in [1.54, 1.807) is 7.11 Å². The molecule has 0 radical (unpaired) electrons. The monoisotopic (exact) mass is 228 g/mol. The van der Waals surface area contributed by atoms with E-state index in [0.29, 0.717) is 6.04 Å². The van der Waals surface area contributed by atoms with Crippen molar-refractivity contribution < 1.29 is 4.74 Å². The third-order valence-corrected chi connectivity index (χ3v) is 4.23. The molecule has 0 heterocycles. The number of rotatable bonds is 5. The first kappa shape index (κ1) is 13.9. The van der Waals surface area contributed by atoms with Crippen LogP contribution in [-0.2, 0) is 4.74 Å². The Kier molecular flexibility index (Phi) is 5.73. The molecule has 0 amide bonds. The van der Waals surface area contributed by atoms with Crippen LogP contribution in [0.15, 0.2) is 0 Å². The predicted molar refractivity (Wildman–Crippen MR) is 68.6 cm³/mol. The van der Waals surface area contributed by atoms with Gasteiger partial charge in [0.05, 0.1) is 6.61 Å². The highest BCUT2D eigenvalue weighted by Crippen LogP contribution is 2.32. The fourth-order valence-electron chi connectivity index (χ4n) is 2.91. The van der Waals surface area contributed by atoms with Gasteiger partial charge in [0, 0.05) is 25.2 Å². The third kappa shape index (κ3) is 3.19. The summed E-state index contributed by atoms with van der Waals surface area (Å²) in [7, 11) is 3.98. The van der Waals surface area contributed by atoms with Crippen molar-refractivity contribution in [2.45, 2.75) is 57.0 Å². The Morgan fingerprint density at radius 3 is 2.25 bits per heavy atom. The molecule has 16 heavy (non-hydrogen) atoms. The number of hydrogen-bond acceptors (Lipinski definition) is 3. The zero-order chi connectivity index (χ0) is 12.0. The van der Waals surface area contributed by atoms with Gasteiger partial charge in [-0.15, -0.1) is 0 Å². The van der Waals surface area contributed by atoms with Crippen LogP contribution >= 0.6 is 0 Å². The molecule has 1 rings (SSSR count). The van der Waals surface area contributed by atoms with Crippen molar-refractivity contribution in [3.05, 3.63) is 0 Å². The third-order valence-electron chi connectivity index (χ3n) is 4.23. The molecule has 0 aromatic carbocycles. The van der Waals surface area contributed by atoms with Crippen LogP contribution in [0.25, 0.3) is 0 Å². The van der Waals surface area contributed by atoms with Crippen LogP contribution in [0.2, 0.25) is 0 Å². The molecule has 1 saturated carbocycles. The highest BCUT2D eigenvalue weighted by atomic mass is 16.5. The Labute approximate surface area is 100 Å². The van der Waals surface area contributed by atoms with Crippen LogP contribution in [0.1, 0.15) is 45.4 Å². The van der Waals surface area contributed by atoms with Crippen molar-refractivity contribution in [2.75, 3.05) is 27.3 Å². The van der Waals surface area contributed by atoms with Crippen LogP contribution in [0.5, 0.6) is 0 Å². The van der Waals surface area contributed by atoms with Gasteiger partial charge in [-0.3, -0.25) is 4.90 Å². The van der Waals surface area contributed by atoms with Gasteiger partial charge in [0.2, 0.25) is 0 Å². The Balaban J connectivity index is 2.68. The summed E-state index contributed by atoms with van der Waals surface area (Å²) in [6.07, 6.45) is 7.87. The van der Waals surface area contributed by atoms with E-state index in [1.807, 2.05) is 0 Å². The molecule has 1 fully saturated rings. The Morgan fingerprint density at radius 1 is 1.25 bits per heavy atom. The van der Waals surface area contributed by atoms with E-state index in [2.05, 4.69) is 18.9 Å². The minimum atomic E-state index is 0.217. The minimum Gasteiger partial charge on any atom is -0.383 e. The van der Waals surface area contributed by atoms with E-state index < -0.39 is 0 Å². The van der Waals surface area contributed by atoms with Crippen molar-refractivity contribution in [3.8, 4) is 0 Å². The number of methoxy groups -OCH3 is 1. The summed E-state index contributed by atoms with van der Waals surface area (Å²) in [5, 5.41) is 0. The van der Waals surface area contributed by atoms with Gasteiger partial charge in [0.1, 0.15) is 0 Å². The van der Waals surface area contributed by atoms with Gasteiger partial charge in [-0.05, 0) is 26.8 Å². The SMILES string of the molecule is COCC(C)N(C)C1(CN)CCCCCC1. The molecular weight excluding hydrogens is 200 g/mol. The lowest BCUT2D eigenvalue weighted by atomic mass is 9.87. The Bertz CT molecular complexity index is 188. The van der Waals surface area contributed by atoms with Gasteiger partial charge in [0.25, 0.3) is 0 Å². The van der Waals surface area contributed by atoms with Gasteiger partial charge >= 0.3 is 0 Å². The van der Waals surface area contributed by atoms with Gasteiger partial charge in [-0.2, -0.15) is 0 Å². The number of nitrogens with two attached hydrogens (primary N) is 1. The molecule has 1 atom stereocenters. The lowest BCUT2D eigenvalue weighted by Gasteiger charge is -2.44. The molecular formula is C13H28N2O. The maximum Gasteiger partial charge on any atom is 0.0615 e. The molecule has 0 saturated heterocycles. The molecule has 1 unspecified atom stereocenters. The Morgan fingerprint density at radius 2 is 1.81 bits per heavy atom. The first-order chi connectivity index (χ1) is 7.66. The van der Waals surface area contributed by atoms with Crippen LogP contribution in [0.4, 0.5) is 0 Å². The standard InChI is InChI=1S/C13H28N2O/c1-12(10-16-3)15(2)13(11-14)8-6-4-5-7-9-13/h12H,4-11,14H2,1-3H3. The largest absolute Gasteiger partial charge is 0.383 e. The molecule has 0 aliphatic heterocycles. The zero-order valence-electron chi connectivity index (χ0n) is 11.2. The number of ether oxygens (including phenoxy) is 1. The van der Waals surface area contributed by atoms with Crippen LogP contribution in [-0.4, -0.2) is 43.8 Å². The van der Waals surface area contributed by atoms with Crippen molar-refractivity contribution in [2.24, 2.45) is 5.73 Å². The van der Waals surface area contributed by atoms with Crippen LogP contribution in [0.3, 0.4) is 0 Å². The van der Waals surface area contributed by atoms with E-state index in [4.69, 9.17) is 10.5 Å². The first-order valence-corrected chi connectivity index (χ1v) is 6.58. The maximum atomic E-state index is 6.06. The highest BCUT2D eigenvalue weighted by Gasteiger charge is 2.35. The quantitative estimate of drug-likeness (QED) is 0.732. The summed E-state index contributed by atoms with van der Waals surface area (Å²) in [6.45, 7) is 3.79. The molecule has 1 aliphatic carbocycles. The van der Waals surface area contributed by atoms with Crippen LogP contribution < -0.4 is 5.73 Å². The molecule has 0 aromatic rings. The van der Waals surface area contributed by atoms with Gasteiger partial charge in [-0.1, -0.05) is 25.7 Å². The summed E-state index contributed by atoms with van der Waals surface area (Å²) in [6, 6.07) is 0.451. The molecule has 0 aromatic heterocycles. The minimum absolute atomic E-state index is 0.217. The summed E-state index contributed by atoms with van der Waals surface area (Å²) >= 11 is 0.